The molecule has 2 heterocycles. The van der Waals surface area contributed by atoms with Crippen LogP contribution in [0.3, 0.4) is 0 Å². The van der Waals surface area contributed by atoms with E-state index in [4.69, 9.17) is 14.2 Å². The van der Waals surface area contributed by atoms with E-state index in [0.717, 1.165) is 29.5 Å². The smallest absolute Gasteiger partial charge is 0.219 e. The second-order valence-electron chi connectivity index (χ2n) is 7.07. The molecule has 1 aromatic heterocycles. The topological polar surface area (TPSA) is 60.9 Å². The number of hydrogen-bond donors (Lipinski definition) is 0. The van der Waals surface area contributed by atoms with Gasteiger partial charge in [-0.3, -0.25) is 9.78 Å². The van der Waals surface area contributed by atoms with E-state index < -0.39 is 0 Å². The second-order valence-corrected chi connectivity index (χ2v) is 7.07. The summed E-state index contributed by atoms with van der Waals surface area (Å²) >= 11 is 0. The molecule has 1 aliphatic heterocycles. The molecule has 0 N–H and O–H groups in total. The highest BCUT2D eigenvalue weighted by Crippen LogP contribution is 2.38. The number of hydrogen-bond acceptors (Lipinski definition) is 5. The van der Waals surface area contributed by atoms with Gasteiger partial charge in [0.2, 0.25) is 5.91 Å². The number of carbonyl (C=O) groups is 1. The molecule has 0 atom stereocenters. The maximum Gasteiger partial charge on any atom is 0.219 e. The third kappa shape index (κ3) is 4.26. The fourth-order valence-corrected chi connectivity index (χ4v) is 3.55. The number of nitrogens with zero attached hydrogens (tertiary/aromatic N) is 2. The SMILES string of the molecule is COc1cc2c(Oc3ccccc3)ccnc2cc1OC1CCN(C(C)=O)CC1. The van der Waals surface area contributed by atoms with Crippen LogP contribution in [0.25, 0.3) is 10.9 Å². The monoisotopic (exact) mass is 392 g/mol. The van der Waals surface area contributed by atoms with Crippen molar-refractivity contribution in [3.63, 3.8) is 0 Å². The van der Waals surface area contributed by atoms with Crippen molar-refractivity contribution < 1.29 is 19.0 Å². The number of benzene rings is 2. The number of para-hydroxylation sites is 1. The molecule has 1 fully saturated rings. The van der Waals surface area contributed by atoms with Crippen LogP contribution in [-0.2, 0) is 4.79 Å². The van der Waals surface area contributed by atoms with Gasteiger partial charge in [-0.15, -0.1) is 0 Å². The number of likely N-dealkylation sites (tertiary alicyclic amines) is 1. The van der Waals surface area contributed by atoms with Gasteiger partial charge in [0.25, 0.3) is 0 Å². The molecule has 29 heavy (non-hydrogen) atoms. The average molecular weight is 392 g/mol. The third-order valence-corrected chi connectivity index (χ3v) is 5.14. The average Bonchev–Trinajstić information content (AvgIpc) is 2.74. The van der Waals surface area contributed by atoms with Gasteiger partial charge in [0.05, 0.1) is 12.6 Å². The zero-order chi connectivity index (χ0) is 20.2. The van der Waals surface area contributed by atoms with Gasteiger partial charge in [0.15, 0.2) is 11.5 Å². The van der Waals surface area contributed by atoms with Crippen LogP contribution in [0.4, 0.5) is 0 Å². The number of pyridine rings is 1. The molecule has 4 rings (SSSR count). The zero-order valence-corrected chi connectivity index (χ0v) is 16.6. The summed E-state index contributed by atoms with van der Waals surface area (Å²) in [5.74, 6) is 2.88. The summed E-state index contributed by atoms with van der Waals surface area (Å²) < 4.78 is 17.9. The summed E-state index contributed by atoms with van der Waals surface area (Å²) in [6, 6.07) is 15.3. The molecule has 6 nitrogen and oxygen atoms in total. The van der Waals surface area contributed by atoms with Gasteiger partial charge < -0.3 is 19.1 Å². The highest BCUT2D eigenvalue weighted by Gasteiger charge is 2.23. The summed E-state index contributed by atoms with van der Waals surface area (Å²) in [7, 11) is 1.63. The minimum atomic E-state index is 0.0423. The van der Waals surface area contributed by atoms with Gasteiger partial charge in [0, 0.05) is 50.5 Å². The fraction of sp³-hybridized carbons (Fsp3) is 0.304. The molecule has 0 radical (unpaired) electrons. The van der Waals surface area contributed by atoms with E-state index in [9.17, 15) is 4.79 Å². The first kappa shape index (κ1) is 19.1. The van der Waals surface area contributed by atoms with E-state index in [0.29, 0.717) is 30.3 Å². The van der Waals surface area contributed by atoms with E-state index in [1.165, 1.54) is 0 Å². The molecule has 1 saturated heterocycles. The number of fused-ring (bicyclic) bond motifs is 1. The Morgan fingerprint density at radius 1 is 1.03 bits per heavy atom. The molecule has 0 saturated carbocycles. The summed E-state index contributed by atoms with van der Waals surface area (Å²) in [5, 5.41) is 0.854. The lowest BCUT2D eigenvalue weighted by Gasteiger charge is -2.31. The third-order valence-electron chi connectivity index (χ3n) is 5.14. The number of piperidine rings is 1. The van der Waals surface area contributed by atoms with Crippen molar-refractivity contribution in [3.05, 3.63) is 54.7 Å². The number of aromatic nitrogens is 1. The minimum absolute atomic E-state index is 0.0423. The maximum absolute atomic E-state index is 11.5. The lowest BCUT2D eigenvalue weighted by Crippen LogP contribution is -2.40. The maximum atomic E-state index is 11.5. The van der Waals surface area contributed by atoms with Crippen molar-refractivity contribution in [1.29, 1.82) is 0 Å². The first-order valence-electron chi connectivity index (χ1n) is 9.76. The summed E-state index contributed by atoms with van der Waals surface area (Å²) in [4.78, 5) is 17.9. The number of amides is 1. The van der Waals surface area contributed by atoms with Crippen molar-refractivity contribution in [1.82, 2.24) is 9.88 Å². The highest BCUT2D eigenvalue weighted by atomic mass is 16.5. The molecule has 6 heteroatoms. The zero-order valence-electron chi connectivity index (χ0n) is 16.6. The normalized spacial score (nSPS) is 14.6. The number of rotatable bonds is 5. The molecular weight excluding hydrogens is 368 g/mol. The Kier molecular flexibility index (Phi) is 5.51. The van der Waals surface area contributed by atoms with Crippen LogP contribution in [0.15, 0.2) is 54.7 Å². The standard InChI is InChI=1S/C23H24N2O4/c1-16(26)25-12-9-18(10-13-25)29-23-15-20-19(14-22(23)27-2)21(8-11-24-20)28-17-6-4-3-5-7-17/h3-8,11,14-15,18H,9-10,12-13H2,1-2H3. The first-order chi connectivity index (χ1) is 14.1. The van der Waals surface area contributed by atoms with Crippen LogP contribution in [0, 0.1) is 0 Å². The van der Waals surface area contributed by atoms with Crippen LogP contribution < -0.4 is 14.2 Å². The Balaban J connectivity index is 1.59. The minimum Gasteiger partial charge on any atom is -0.493 e. The lowest BCUT2D eigenvalue weighted by atomic mass is 10.1. The molecule has 0 unspecified atom stereocenters. The molecule has 2 aromatic carbocycles. The molecule has 0 aliphatic carbocycles. The Labute approximate surface area is 170 Å². The summed E-state index contributed by atoms with van der Waals surface area (Å²) in [6.07, 6.45) is 3.36. The van der Waals surface area contributed by atoms with Crippen molar-refractivity contribution >= 4 is 16.8 Å². The molecule has 1 aliphatic rings. The predicted octanol–water partition coefficient (Wildman–Crippen LogP) is 4.43. The van der Waals surface area contributed by atoms with E-state index in [1.54, 1.807) is 20.2 Å². The Bertz CT molecular complexity index is 998. The van der Waals surface area contributed by atoms with Gasteiger partial charge >= 0.3 is 0 Å². The van der Waals surface area contributed by atoms with Crippen LogP contribution >= 0.6 is 0 Å². The molecule has 0 bridgehead atoms. The quantitative estimate of drug-likeness (QED) is 0.643. The Morgan fingerprint density at radius 2 is 1.79 bits per heavy atom. The first-order valence-corrected chi connectivity index (χ1v) is 9.76. The molecular formula is C23H24N2O4. The molecule has 3 aromatic rings. The number of methoxy groups -OCH3 is 1. The molecule has 0 spiro atoms. The van der Waals surface area contributed by atoms with Crippen LogP contribution in [0.1, 0.15) is 19.8 Å². The predicted molar refractivity (Wildman–Crippen MR) is 111 cm³/mol. The summed E-state index contributed by atoms with van der Waals surface area (Å²) in [6.45, 7) is 3.03. The second kappa shape index (κ2) is 8.39. The molecule has 150 valence electrons. The van der Waals surface area contributed by atoms with Gasteiger partial charge in [-0.05, 0) is 24.3 Å². The summed E-state index contributed by atoms with van der Waals surface area (Å²) in [5.41, 5.74) is 0.774. The van der Waals surface area contributed by atoms with Gasteiger partial charge in [-0.1, -0.05) is 18.2 Å². The van der Waals surface area contributed by atoms with Crippen molar-refractivity contribution in [2.75, 3.05) is 20.2 Å². The van der Waals surface area contributed by atoms with Gasteiger partial charge in [-0.25, -0.2) is 0 Å². The lowest BCUT2D eigenvalue weighted by molar-refractivity contribution is -0.130. The fourth-order valence-electron chi connectivity index (χ4n) is 3.55. The number of ether oxygens (including phenoxy) is 3. The Hall–Kier alpha value is -3.28. The van der Waals surface area contributed by atoms with Gasteiger partial charge in [0.1, 0.15) is 17.6 Å². The van der Waals surface area contributed by atoms with Crippen LogP contribution in [0.5, 0.6) is 23.0 Å². The highest BCUT2D eigenvalue weighted by molar-refractivity contribution is 5.88. The van der Waals surface area contributed by atoms with Crippen molar-refractivity contribution in [3.8, 4) is 23.0 Å². The van der Waals surface area contributed by atoms with Crippen molar-refractivity contribution in [2.45, 2.75) is 25.9 Å². The van der Waals surface area contributed by atoms with E-state index in [-0.39, 0.29) is 12.0 Å². The van der Waals surface area contributed by atoms with E-state index >= 15 is 0 Å². The van der Waals surface area contributed by atoms with Crippen molar-refractivity contribution in [2.24, 2.45) is 0 Å². The Morgan fingerprint density at radius 3 is 2.48 bits per heavy atom. The van der Waals surface area contributed by atoms with E-state index in [2.05, 4.69) is 4.98 Å². The number of carbonyl (C=O) groups excluding carboxylic acids is 1. The van der Waals surface area contributed by atoms with Crippen LogP contribution in [-0.4, -0.2) is 42.1 Å². The van der Waals surface area contributed by atoms with Crippen LogP contribution in [0.2, 0.25) is 0 Å². The largest absolute Gasteiger partial charge is 0.493 e. The van der Waals surface area contributed by atoms with Gasteiger partial charge in [-0.2, -0.15) is 0 Å². The molecule has 1 amide bonds. The van der Waals surface area contributed by atoms with E-state index in [1.807, 2.05) is 53.4 Å².